The van der Waals surface area contributed by atoms with Crippen molar-refractivity contribution in [2.75, 3.05) is 10.0 Å². The number of nitrogens with one attached hydrogen (secondary N) is 2. The van der Waals surface area contributed by atoms with E-state index in [-0.39, 0.29) is 17.0 Å². The minimum absolute atomic E-state index is 0.0199. The van der Waals surface area contributed by atoms with Crippen molar-refractivity contribution >= 4 is 38.9 Å². The zero-order valence-electron chi connectivity index (χ0n) is 15.4. The summed E-state index contributed by atoms with van der Waals surface area (Å²) in [5.41, 5.74) is -2.38. The first-order valence-corrected chi connectivity index (χ1v) is 10.2. The highest BCUT2D eigenvalue weighted by Crippen LogP contribution is 2.37. The van der Waals surface area contributed by atoms with Crippen molar-refractivity contribution in [2.24, 2.45) is 0 Å². The third-order valence-electron chi connectivity index (χ3n) is 4.02. The van der Waals surface area contributed by atoms with Gasteiger partial charge in [-0.2, -0.15) is 13.2 Å². The molecule has 0 aliphatic rings. The van der Waals surface area contributed by atoms with E-state index in [1.165, 1.54) is 6.92 Å². The molecular formula is C18H12ClF4N3O4S. The quantitative estimate of drug-likeness (QED) is 0.512. The molecule has 1 amide bonds. The number of sulfonamides is 1. The van der Waals surface area contributed by atoms with Crippen LogP contribution in [-0.4, -0.2) is 19.5 Å². The second-order valence-electron chi connectivity index (χ2n) is 6.19. The van der Waals surface area contributed by atoms with Crippen LogP contribution in [0.15, 0.2) is 52.0 Å². The van der Waals surface area contributed by atoms with E-state index in [0.29, 0.717) is 6.07 Å². The molecule has 0 saturated carbocycles. The lowest BCUT2D eigenvalue weighted by atomic mass is 10.1. The summed E-state index contributed by atoms with van der Waals surface area (Å²) in [4.78, 5) is 11.6. The van der Waals surface area contributed by atoms with Gasteiger partial charge in [0.15, 0.2) is 0 Å². The van der Waals surface area contributed by atoms with Gasteiger partial charge in [-0.1, -0.05) is 16.8 Å². The van der Waals surface area contributed by atoms with Gasteiger partial charge < -0.3 is 9.84 Å². The molecule has 0 spiro atoms. The zero-order chi connectivity index (χ0) is 23.0. The van der Waals surface area contributed by atoms with E-state index in [9.17, 15) is 30.8 Å². The Balaban J connectivity index is 1.94. The van der Waals surface area contributed by atoms with E-state index >= 15 is 0 Å². The average molecular weight is 478 g/mol. The van der Waals surface area contributed by atoms with Crippen molar-refractivity contribution in [2.45, 2.75) is 18.0 Å². The molecule has 0 atom stereocenters. The molecule has 3 aromatic rings. The molecule has 1 heterocycles. The number of carbonyl (C=O) groups excluding carboxylic acids is 1. The number of alkyl halides is 3. The van der Waals surface area contributed by atoms with Gasteiger partial charge >= 0.3 is 6.18 Å². The number of carbonyl (C=O) groups is 1. The van der Waals surface area contributed by atoms with Gasteiger partial charge in [-0.3, -0.25) is 9.52 Å². The maximum Gasteiger partial charge on any atom is 0.418 e. The smallest absolute Gasteiger partial charge is 0.361 e. The molecule has 0 fully saturated rings. The number of amides is 1. The monoisotopic (exact) mass is 477 g/mol. The summed E-state index contributed by atoms with van der Waals surface area (Å²) in [7, 11) is -4.52. The fourth-order valence-corrected chi connectivity index (χ4v) is 3.86. The molecule has 0 bridgehead atoms. The van der Waals surface area contributed by atoms with E-state index in [1.807, 2.05) is 4.72 Å². The summed E-state index contributed by atoms with van der Waals surface area (Å²) in [6.07, 6.45) is -3.86. The molecule has 0 unspecified atom stereocenters. The lowest BCUT2D eigenvalue weighted by Gasteiger charge is -2.16. The minimum atomic E-state index is -4.97. The van der Waals surface area contributed by atoms with E-state index < -0.39 is 49.1 Å². The first kappa shape index (κ1) is 22.6. The molecule has 31 heavy (non-hydrogen) atoms. The van der Waals surface area contributed by atoms with E-state index in [1.54, 1.807) is 0 Å². The number of nitrogens with zero attached hydrogens (tertiary/aromatic N) is 1. The number of aromatic nitrogens is 1. The highest BCUT2D eigenvalue weighted by Gasteiger charge is 2.35. The van der Waals surface area contributed by atoms with Gasteiger partial charge in [-0.25, -0.2) is 12.8 Å². The van der Waals surface area contributed by atoms with Crippen LogP contribution in [0, 0.1) is 12.7 Å². The van der Waals surface area contributed by atoms with Gasteiger partial charge in [0.05, 0.1) is 27.4 Å². The van der Waals surface area contributed by atoms with Crippen molar-refractivity contribution in [3.63, 3.8) is 0 Å². The fraction of sp³-hybridized carbons (Fsp3) is 0.111. The highest BCUT2D eigenvalue weighted by atomic mass is 35.5. The van der Waals surface area contributed by atoms with Crippen LogP contribution in [0.2, 0.25) is 5.02 Å². The van der Waals surface area contributed by atoms with E-state index in [0.717, 1.165) is 36.5 Å². The summed E-state index contributed by atoms with van der Waals surface area (Å²) in [6.45, 7) is 1.45. The normalized spacial score (nSPS) is 11.9. The van der Waals surface area contributed by atoms with Crippen LogP contribution in [0.1, 0.15) is 21.7 Å². The Morgan fingerprint density at radius 3 is 2.45 bits per heavy atom. The predicted octanol–water partition coefficient (Wildman–Crippen LogP) is 4.85. The van der Waals surface area contributed by atoms with Gasteiger partial charge in [0.1, 0.15) is 17.1 Å². The molecule has 7 nitrogen and oxygen atoms in total. The number of benzene rings is 2. The highest BCUT2D eigenvalue weighted by molar-refractivity contribution is 7.92. The summed E-state index contributed by atoms with van der Waals surface area (Å²) in [5, 5.41) is 5.16. The minimum Gasteiger partial charge on any atom is -0.361 e. The van der Waals surface area contributed by atoms with Crippen LogP contribution in [0.4, 0.5) is 28.9 Å². The van der Waals surface area contributed by atoms with Crippen LogP contribution in [0.25, 0.3) is 0 Å². The zero-order valence-corrected chi connectivity index (χ0v) is 17.0. The summed E-state index contributed by atoms with van der Waals surface area (Å²) in [5.74, 6) is -1.49. The van der Waals surface area contributed by atoms with E-state index in [4.69, 9.17) is 16.1 Å². The molecule has 13 heteroatoms. The molecule has 0 aliphatic heterocycles. The second kappa shape index (κ2) is 8.19. The lowest BCUT2D eigenvalue weighted by Crippen LogP contribution is -2.18. The van der Waals surface area contributed by atoms with Crippen LogP contribution >= 0.6 is 11.6 Å². The topological polar surface area (TPSA) is 101 Å². The predicted molar refractivity (Wildman–Crippen MR) is 103 cm³/mol. The Bertz CT molecular complexity index is 1260. The first-order chi connectivity index (χ1) is 14.4. The van der Waals surface area contributed by atoms with Crippen LogP contribution in [0.5, 0.6) is 0 Å². The molecule has 164 valence electrons. The summed E-state index contributed by atoms with van der Waals surface area (Å²) >= 11 is 5.55. The standard InChI is InChI=1S/C18H12ClF4N3O4S/c1-9-12(8-24-30-9)17(27)25-10-2-5-16(13(6-10)18(21,22)23)26-31(28,29)11-3-4-15(20)14(19)7-11/h2-8,26H,1H3,(H,25,27). The Morgan fingerprint density at radius 2 is 1.87 bits per heavy atom. The molecule has 0 radical (unpaired) electrons. The summed E-state index contributed by atoms with van der Waals surface area (Å²) < 4.78 is 85.4. The number of halogens is 5. The van der Waals surface area contributed by atoms with Crippen molar-refractivity contribution in [1.29, 1.82) is 0 Å². The number of aryl methyl sites for hydroxylation is 1. The van der Waals surface area contributed by atoms with Gasteiger partial charge in [-0.15, -0.1) is 0 Å². The van der Waals surface area contributed by atoms with Crippen molar-refractivity contribution in [1.82, 2.24) is 5.16 Å². The fourth-order valence-electron chi connectivity index (χ4n) is 2.51. The molecule has 0 saturated heterocycles. The molecule has 2 aromatic carbocycles. The second-order valence-corrected chi connectivity index (χ2v) is 8.28. The van der Waals surface area contributed by atoms with Gasteiger partial charge in [0, 0.05) is 5.69 Å². The Labute approximate surface area is 178 Å². The average Bonchev–Trinajstić information content (AvgIpc) is 3.10. The van der Waals surface area contributed by atoms with Crippen LogP contribution < -0.4 is 10.0 Å². The SMILES string of the molecule is Cc1oncc1C(=O)Nc1ccc(NS(=O)(=O)c2ccc(F)c(Cl)c2)c(C(F)(F)F)c1. The Kier molecular flexibility index (Phi) is 5.96. The molecule has 2 N–H and O–H groups in total. The van der Waals surface area contributed by atoms with Gasteiger partial charge in [0.2, 0.25) is 0 Å². The van der Waals surface area contributed by atoms with E-state index in [2.05, 4.69) is 10.5 Å². The maximum atomic E-state index is 13.6. The third-order valence-corrected chi connectivity index (χ3v) is 5.68. The first-order valence-electron chi connectivity index (χ1n) is 8.30. The maximum absolute atomic E-state index is 13.6. The molecular weight excluding hydrogens is 466 g/mol. The molecule has 1 aromatic heterocycles. The number of rotatable bonds is 5. The largest absolute Gasteiger partial charge is 0.418 e. The van der Waals surface area contributed by atoms with Crippen molar-refractivity contribution in [3.8, 4) is 0 Å². The molecule has 3 rings (SSSR count). The molecule has 0 aliphatic carbocycles. The van der Waals surface area contributed by atoms with Gasteiger partial charge in [-0.05, 0) is 43.3 Å². The number of anilines is 2. The lowest BCUT2D eigenvalue weighted by molar-refractivity contribution is -0.136. The van der Waals surface area contributed by atoms with Gasteiger partial charge in [0.25, 0.3) is 15.9 Å². The van der Waals surface area contributed by atoms with Crippen molar-refractivity contribution < 1.29 is 35.3 Å². The van der Waals surface area contributed by atoms with Crippen molar-refractivity contribution in [3.05, 3.63) is 70.3 Å². The Morgan fingerprint density at radius 1 is 1.16 bits per heavy atom. The summed E-state index contributed by atoms with van der Waals surface area (Å²) in [6, 6.07) is 4.87. The Hall–Kier alpha value is -3.12. The van der Waals surface area contributed by atoms with Crippen LogP contribution in [-0.2, 0) is 16.2 Å². The van der Waals surface area contributed by atoms with Crippen LogP contribution in [0.3, 0.4) is 0 Å². The number of hydrogen-bond acceptors (Lipinski definition) is 5. The number of hydrogen-bond donors (Lipinski definition) is 2. The third kappa shape index (κ3) is 4.97.